The molecule has 1 aliphatic heterocycles. The van der Waals surface area contributed by atoms with Gasteiger partial charge in [-0.15, -0.1) is 0 Å². The van der Waals surface area contributed by atoms with Gasteiger partial charge in [0.1, 0.15) is 6.04 Å². The van der Waals surface area contributed by atoms with E-state index in [9.17, 15) is 14.4 Å². The number of hydrogen-bond acceptors (Lipinski definition) is 3. The van der Waals surface area contributed by atoms with Gasteiger partial charge in [0, 0.05) is 6.04 Å². The highest BCUT2D eigenvalue weighted by molar-refractivity contribution is 6.08. The topological polar surface area (TPSA) is 66.5 Å². The van der Waals surface area contributed by atoms with Crippen molar-refractivity contribution >= 4 is 17.7 Å². The fourth-order valence-corrected chi connectivity index (χ4v) is 4.50. The highest BCUT2D eigenvalue weighted by atomic mass is 16.2. The summed E-state index contributed by atoms with van der Waals surface area (Å²) in [5, 5.41) is 3.15. The molecule has 5 nitrogen and oxygen atoms in total. The Morgan fingerprint density at radius 2 is 1.43 bits per heavy atom. The molecule has 4 aliphatic rings. The van der Waals surface area contributed by atoms with E-state index in [4.69, 9.17) is 0 Å². The highest BCUT2D eigenvalue weighted by Gasteiger charge is 2.51. The minimum atomic E-state index is -0.666. The number of likely N-dealkylation sites (tertiary alicyclic amines) is 1. The number of amides is 3. The standard InChI is InChI=1S/C18H26N2O3/c1-10(16(21)19-15(11-6-7-11)12-8-9-12)20-17(22)13-4-2-3-5-14(13)18(20)23/h10-15H,2-9H2,1H3,(H,19,21)/t10-,13-,14+/m1/s1. The molecule has 3 amide bonds. The van der Waals surface area contributed by atoms with Crippen molar-refractivity contribution < 1.29 is 14.4 Å². The number of imide groups is 1. The van der Waals surface area contributed by atoms with Gasteiger partial charge in [-0.25, -0.2) is 0 Å². The summed E-state index contributed by atoms with van der Waals surface area (Å²) in [5.41, 5.74) is 0. The molecule has 0 bridgehead atoms. The van der Waals surface area contributed by atoms with Crippen LogP contribution in [0, 0.1) is 23.7 Å². The van der Waals surface area contributed by atoms with E-state index in [0.29, 0.717) is 11.8 Å². The van der Waals surface area contributed by atoms with Gasteiger partial charge in [0.2, 0.25) is 17.7 Å². The number of fused-ring (bicyclic) bond motifs is 1. The first-order chi connectivity index (χ1) is 11.1. The lowest BCUT2D eigenvalue weighted by atomic mass is 9.81. The predicted octanol–water partition coefficient (Wildman–Crippen LogP) is 1.85. The van der Waals surface area contributed by atoms with Gasteiger partial charge in [-0.05, 0) is 57.3 Å². The number of carbonyl (C=O) groups excluding carboxylic acids is 3. The molecule has 0 spiro atoms. The molecule has 5 heteroatoms. The van der Waals surface area contributed by atoms with Gasteiger partial charge in [0.25, 0.3) is 0 Å². The molecule has 4 rings (SSSR count). The SMILES string of the molecule is C[C@H](C(=O)NC(C1CC1)C1CC1)N1C(=O)[C@H]2CCCC[C@H]2C1=O. The second-order valence-electron chi connectivity index (χ2n) is 7.93. The zero-order chi connectivity index (χ0) is 16.1. The molecule has 0 aromatic carbocycles. The Morgan fingerprint density at radius 3 is 1.87 bits per heavy atom. The zero-order valence-electron chi connectivity index (χ0n) is 13.8. The van der Waals surface area contributed by atoms with Gasteiger partial charge in [-0.2, -0.15) is 0 Å². The van der Waals surface area contributed by atoms with E-state index in [-0.39, 0.29) is 35.6 Å². The van der Waals surface area contributed by atoms with E-state index in [1.54, 1.807) is 6.92 Å². The van der Waals surface area contributed by atoms with Gasteiger partial charge in [0.05, 0.1) is 11.8 Å². The third-order valence-corrected chi connectivity index (χ3v) is 6.21. The van der Waals surface area contributed by atoms with E-state index >= 15 is 0 Å². The van der Waals surface area contributed by atoms with Crippen molar-refractivity contribution in [2.24, 2.45) is 23.7 Å². The van der Waals surface area contributed by atoms with Gasteiger partial charge in [-0.1, -0.05) is 12.8 Å². The summed E-state index contributed by atoms with van der Waals surface area (Å²) in [6, 6.07) is -0.402. The van der Waals surface area contributed by atoms with Gasteiger partial charge in [0.15, 0.2) is 0 Å². The third kappa shape index (κ3) is 2.68. The summed E-state index contributed by atoms with van der Waals surface area (Å²) >= 11 is 0. The molecule has 126 valence electrons. The van der Waals surface area contributed by atoms with E-state index in [0.717, 1.165) is 25.7 Å². The average Bonchev–Trinajstić information content (AvgIpc) is 3.45. The first-order valence-corrected chi connectivity index (χ1v) is 9.25. The van der Waals surface area contributed by atoms with Crippen LogP contribution < -0.4 is 5.32 Å². The Balaban J connectivity index is 1.45. The second kappa shape index (κ2) is 5.60. The van der Waals surface area contributed by atoms with Crippen LogP contribution in [0.3, 0.4) is 0 Å². The monoisotopic (exact) mass is 318 g/mol. The predicted molar refractivity (Wildman–Crippen MR) is 84.1 cm³/mol. The summed E-state index contributed by atoms with van der Waals surface area (Å²) in [4.78, 5) is 39.1. The molecule has 3 atom stereocenters. The molecule has 3 aliphatic carbocycles. The zero-order valence-corrected chi connectivity index (χ0v) is 13.8. The smallest absolute Gasteiger partial charge is 0.243 e. The van der Waals surface area contributed by atoms with Gasteiger partial charge < -0.3 is 5.32 Å². The number of carbonyl (C=O) groups is 3. The maximum atomic E-state index is 12.6. The molecule has 0 unspecified atom stereocenters. The van der Waals surface area contributed by atoms with Crippen LogP contribution in [0.25, 0.3) is 0 Å². The highest BCUT2D eigenvalue weighted by Crippen LogP contribution is 2.44. The van der Waals surface area contributed by atoms with Crippen LogP contribution >= 0.6 is 0 Å². The van der Waals surface area contributed by atoms with Crippen LogP contribution in [0.4, 0.5) is 0 Å². The van der Waals surface area contributed by atoms with Crippen molar-refractivity contribution in [3.05, 3.63) is 0 Å². The van der Waals surface area contributed by atoms with Crippen molar-refractivity contribution in [2.45, 2.75) is 70.4 Å². The number of hydrogen-bond donors (Lipinski definition) is 1. The molecule has 1 saturated heterocycles. The van der Waals surface area contributed by atoms with Crippen LogP contribution in [0.15, 0.2) is 0 Å². The van der Waals surface area contributed by atoms with Crippen molar-refractivity contribution in [1.29, 1.82) is 0 Å². The maximum absolute atomic E-state index is 12.6. The van der Waals surface area contributed by atoms with Crippen LogP contribution in [0.2, 0.25) is 0 Å². The summed E-state index contributed by atoms with van der Waals surface area (Å²) < 4.78 is 0. The van der Waals surface area contributed by atoms with E-state index in [2.05, 4.69) is 5.32 Å². The molecule has 3 saturated carbocycles. The van der Waals surface area contributed by atoms with Crippen LogP contribution in [-0.4, -0.2) is 34.7 Å². The molecule has 23 heavy (non-hydrogen) atoms. The minimum Gasteiger partial charge on any atom is -0.351 e. The molecule has 1 heterocycles. The molecule has 4 fully saturated rings. The van der Waals surface area contributed by atoms with Crippen LogP contribution in [-0.2, 0) is 14.4 Å². The molecular formula is C18H26N2O3. The Hall–Kier alpha value is -1.39. The Bertz CT molecular complexity index is 502. The lowest BCUT2D eigenvalue weighted by Crippen LogP contribution is -2.51. The largest absolute Gasteiger partial charge is 0.351 e. The second-order valence-corrected chi connectivity index (χ2v) is 7.93. The van der Waals surface area contributed by atoms with Gasteiger partial charge >= 0.3 is 0 Å². The number of rotatable bonds is 5. The summed E-state index contributed by atoms with van der Waals surface area (Å²) in [6.07, 6.45) is 8.41. The van der Waals surface area contributed by atoms with Crippen molar-refractivity contribution in [1.82, 2.24) is 10.2 Å². The molecule has 0 aromatic heterocycles. The van der Waals surface area contributed by atoms with Crippen molar-refractivity contribution in [3.8, 4) is 0 Å². The van der Waals surface area contributed by atoms with Gasteiger partial charge in [-0.3, -0.25) is 19.3 Å². The van der Waals surface area contributed by atoms with E-state index in [1.165, 1.54) is 30.6 Å². The van der Waals surface area contributed by atoms with Crippen molar-refractivity contribution in [3.63, 3.8) is 0 Å². The minimum absolute atomic E-state index is 0.114. The van der Waals surface area contributed by atoms with Crippen LogP contribution in [0.5, 0.6) is 0 Å². The Kier molecular flexibility index (Phi) is 3.69. The third-order valence-electron chi connectivity index (χ3n) is 6.21. The molecule has 0 aromatic rings. The lowest BCUT2D eigenvalue weighted by Gasteiger charge is -2.25. The molecule has 0 radical (unpaired) electrons. The fourth-order valence-electron chi connectivity index (χ4n) is 4.50. The Morgan fingerprint density at radius 1 is 0.957 bits per heavy atom. The molecule has 1 N–H and O–H groups in total. The summed E-state index contributed by atoms with van der Waals surface area (Å²) in [5.74, 6) is 0.517. The maximum Gasteiger partial charge on any atom is 0.243 e. The average molecular weight is 318 g/mol. The van der Waals surface area contributed by atoms with E-state index < -0.39 is 6.04 Å². The van der Waals surface area contributed by atoms with E-state index in [1.807, 2.05) is 0 Å². The van der Waals surface area contributed by atoms with Crippen LogP contribution in [0.1, 0.15) is 58.3 Å². The normalized spacial score (nSPS) is 32.2. The first kappa shape index (κ1) is 15.2. The Labute approximate surface area is 137 Å². The summed E-state index contributed by atoms with van der Waals surface area (Å²) in [7, 11) is 0. The molecular weight excluding hydrogens is 292 g/mol. The number of nitrogens with zero attached hydrogens (tertiary/aromatic N) is 1. The fraction of sp³-hybridized carbons (Fsp3) is 0.833. The first-order valence-electron chi connectivity index (χ1n) is 9.25. The summed E-state index contributed by atoms with van der Waals surface area (Å²) in [6.45, 7) is 1.71. The van der Waals surface area contributed by atoms with Crippen molar-refractivity contribution in [2.75, 3.05) is 0 Å². The lowest BCUT2D eigenvalue weighted by molar-refractivity contribution is -0.147. The quantitative estimate of drug-likeness (QED) is 0.787. The number of nitrogens with one attached hydrogen (secondary N) is 1.